The van der Waals surface area contributed by atoms with Crippen LogP contribution in [-0.4, -0.2) is 40.5 Å². The Morgan fingerprint density at radius 3 is 2.23 bits per heavy atom. The number of halogens is 1. The third-order valence-corrected chi connectivity index (χ3v) is 7.89. The molecule has 8 heteroatoms. The molecule has 0 bridgehead atoms. The van der Waals surface area contributed by atoms with E-state index in [-0.39, 0.29) is 23.8 Å². The van der Waals surface area contributed by atoms with Gasteiger partial charge in [-0.05, 0) is 82.1 Å². The minimum atomic E-state index is -0.911. The van der Waals surface area contributed by atoms with Crippen molar-refractivity contribution in [2.45, 2.75) is 104 Å². The molecular formula is C32H44ClN3O4. The molecule has 2 aromatic carbocycles. The topological polar surface area (TPSA) is 87.7 Å². The summed E-state index contributed by atoms with van der Waals surface area (Å²) < 4.78 is 5.50. The van der Waals surface area contributed by atoms with Crippen LogP contribution in [0.4, 0.5) is 10.5 Å². The molecule has 0 aliphatic heterocycles. The standard InChI is InChI=1S/C32H44ClN3O4/c1-8-20(3)27(35-31(39)40-32(5,6)7)30(38)36(24-13-11-14-24)28(23-18-16-22(9-2)17-19-23)29(37)34-26-21(4)12-10-15-25(26)33/h10,12,15-20,24,27-28H,8-9,11,13-14H2,1-7H3,(H,34,37)(H,35,39). The number of nitrogens with one attached hydrogen (secondary N) is 2. The van der Waals surface area contributed by atoms with Gasteiger partial charge in [-0.2, -0.15) is 0 Å². The molecule has 3 unspecified atom stereocenters. The second kappa shape index (κ2) is 13.5. The first-order valence-electron chi connectivity index (χ1n) is 14.3. The van der Waals surface area contributed by atoms with Crippen LogP contribution in [0.25, 0.3) is 0 Å². The minimum absolute atomic E-state index is 0.131. The number of anilines is 1. The lowest BCUT2D eigenvalue weighted by molar-refractivity contribution is -0.147. The van der Waals surface area contributed by atoms with Gasteiger partial charge in [0.05, 0.1) is 10.7 Å². The Morgan fingerprint density at radius 2 is 1.73 bits per heavy atom. The summed E-state index contributed by atoms with van der Waals surface area (Å²) in [6, 6.07) is 11.4. The maximum absolute atomic E-state index is 14.5. The maximum Gasteiger partial charge on any atom is 0.408 e. The van der Waals surface area contributed by atoms with Gasteiger partial charge >= 0.3 is 6.09 Å². The molecule has 3 amide bonds. The van der Waals surface area contributed by atoms with Gasteiger partial charge in [0.1, 0.15) is 17.7 Å². The van der Waals surface area contributed by atoms with E-state index >= 15 is 0 Å². The van der Waals surface area contributed by atoms with Gasteiger partial charge in [-0.25, -0.2) is 4.79 Å². The summed E-state index contributed by atoms with van der Waals surface area (Å²) in [5.74, 6) is -0.819. The number of rotatable bonds is 10. The molecule has 7 nitrogen and oxygen atoms in total. The quantitative estimate of drug-likeness (QED) is 0.316. The van der Waals surface area contributed by atoms with Crippen molar-refractivity contribution >= 4 is 35.2 Å². The van der Waals surface area contributed by atoms with Crippen molar-refractivity contribution in [3.63, 3.8) is 0 Å². The van der Waals surface area contributed by atoms with Crippen LogP contribution in [0.2, 0.25) is 5.02 Å². The molecule has 3 atom stereocenters. The van der Waals surface area contributed by atoms with Crippen molar-refractivity contribution in [2.24, 2.45) is 5.92 Å². The van der Waals surface area contributed by atoms with Gasteiger partial charge in [0.25, 0.3) is 5.91 Å². The average Bonchev–Trinajstić information content (AvgIpc) is 2.86. The van der Waals surface area contributed by atoms with Crippen LogP contribution in [0.1, 0.15) is 90.0 Å². The van der Waals surface area contributed by atoms with Crippen molar-refractivity contribution in [1.82, 2.24) is 10.2 Å². The van der Waals surface area contributed by atoms with Crippen LogP contribution >= 0.6 is 11.6 Å². The molecule has 1 fully saturated rings. The van der Waals surface area contributed by atoms with E-state index < -0.39 is 23.8 Å². The highest BCUT2D eigenvalue weighted by atomic mass is 35.5. The second-order valence-electron chi connectivity index (χ2n) is 11.8. The van der Waals surface area contributed by atoms with Crippen molar-refractivity contribution < 1.29 is 19.1 Å². The number of ether oxygens (including phenoxy) is 1. The number of carbonyl (C=O) groups is 3. The van der Waals surface area contributed by atoms with E-state index in [1.165, 1.54) is 0 Å². The predicted molar refractivity (Wildman–Crippen MR) is 160 cm³/mol. The summed E-state index contributed by atoms with van der Waals surface area (Å²) in [5.41, 5.74) is 2.48. The molecule has 1 aliphatic carbocycles. The average molecular weight is 570 g/mol. The molecule has 0 aromatic heterocycles. The third kappa shape index (κ3) is 7.78. The number of aryl methyl sites for hydroxylation is 2. The number of carbonyl (C=O) groups excluding carboxylic acids is 3. The van der Waals surface area contributed by atoms with E-state index in [9.17, 15) is 14.4 Å². The van der Waals surface area contributed by atoms with Gasteiger partial charge in [0.15, 0.2) is 0 Å². The van der Waals surface area contributed by atoms with Gasteiger partial charge in [-0.1, -0.05) is 75.2 Å². The second-order valence-corrected chi connectivity index (χ2v) is 12.2. The van der Waals surface area contributed by atoms with Gasteiger partial charge in [0, 0.05) is 6.04 Å². The SMILES string of the molecule is CCc1ccc(C(C(=O)Nc2c(C)cccc2Cl)N(C(=O)C(NC(=O)OC(C)(C)C)C(C)CC)C2CCC2)cc1. The lowest BCUT2D eigenvalue weighted by atomic mass is 9.86. The summed E-state index contributed by atoms with van der Waals surface area (Å²) in [6.45, 7) is 13.2. The Hall–Kier alpha value is -3.06. The first kappa shape index (κ1) is 31.5. The Morgan fingerprint density at radius 1 is 1.07 bits per heavy atom. The number of hydrogen-bond donors (Lipinski definition) is 2. The van der Waals surface area contributed by atoms with E-state index in [0.717, 1.165) is 36.8 Å². The smallest absolute Gasteiger partial charge is 0.408 e. The normalized spacial score (nSPS) is 15.8. The summed E-state index contributed by atoms with van der Waals surface area (Å²) in [6.07, 6.45) is 3.40. The zero-order valence-corrected chi connectivity index (χ0v) is 25.6. The van der Waals surface area contributed by atoms with Crippen molar-refractivity contribution in [3.05, 3.63) is 64.2 Å². The van der Waals surface area contributed by atoms with E-state index in [2.05, 4.69) is 17.6 Å². The third-order valence-electron chi connectivity index (χ3n) is 7.57. The maximum atomic E-state index is 14.5. The highest BCUT2D eigenvalue weighted by Gasteiger charge is 2.43. The molecule has 1 saturated carbocycles. The fraction of sp³-hybridized carbons (Fsp3) is 0.531. The minimum Gasteiger partial charge on any atom is -0.444 e. The number of benzene rings is 2. The summed E-state index contributed by atoms with van der Waals surface area (Å²) in [5, 5.41) is 6.28. The number of para-hydroxylation sites is 1. The van der Waals surface area contributed by atoms with Crippen molar-refractivity contribution in [1.29, 1.82) is 0 Å². The first-order valence-corrected chi connectivity index (χ1v) is 14.7. The molecule has 40 heavy (non-hydrogen) atoms. The summed E-state index contributed by atoms with van der Waals surface area (Å²) >= 11 is 6.47. The fourth-order valence-electron chi connectivity index (χ4n) is 4.82. The highest BCUT2D eigenvalue weighted by molar-refractivity contribution is 6.34. The van der Waals surface area contributed by atoms with Crippen LogP contribution in [0.15, 0.2) is 42.5 Å². The summed E-state index contributed by atoms with van der Waals surface area (Å²) in [4.78, 5) is 43.1. The molecule has 0 saturated heterocycles. The van der Waals surface area contributed by atoms with E-state index in [4.69, 9.17) is 16.3 Å². The molecule has 218 valence electrons. The molecule has 0 spiro atoms. The van der Waals surface area contributed by atoms with Gasteiger partial charge < -0.3 is 20.3 Å². The van der Waals surface area contributed by atoms with Crippen molar-refractivity contribution in [2.75, 3.05) is 5.32 Å². The number of amides is 3. The van der Waals surface area contributed by atoms with Gasteiger partial charge in [-0.15, -0.1) is 0 Å². The molecule has 1 aliphatic rings. The molecular weight excluding hydrogens is 526 g/mol. The number of nitrogens with zero attached hydrogens (tertiary/aromatic N) is 1. The Bertz CT molecular complexity index is 1170. The molecule has 3 rings (SSSR count). The Balaban J connectivity index is 2.07. The zero-order valence-electron chi connectivity index (χ0n) is 24.8. The monoisotopic (exact) mass is 569 g/mol. The van der Waals surface area contributed by atoms with Crippen LogP contribution in [0.5, 0.6) is 0 Å². The van der Waals surface area contributed by atoms with Crippen LogP contribution in [-0.2, 0) is 20.7 Å². The number of hydrogen-bond acceptors (Lipinski definition) is 4. The molecule has 2 N–H and O–H groups in total. The first-order chi connectivity index (χ1) is 18.9. The van der Waals surface area contributed by atoms with Crippen LogP contribution in [0, 0.1) is 12.8 Å². The van der Waals surface area contributed by atoms with E-state index in [1.807, 2.05) is 57.2 Å². The van der Waals surface area contributed by atoms with Crippen molar-refractivity contribution in [3.8, 4) is 0 Å². The Kier molecular flexibility index (Phi) is 10.6. The van der Waals surface area contributed by atoms with E-state index in [0.29, 0.717) is 22.7 Å². The fourth-order valence-corrected chi connectivity index (χ4v) is 5.09. The van der Waals surface area contributed by atoms with E-state index in [1.54, 1.807) is 31.7 Å². The lowest BCUT2D eigenvalue weighted by Gasteiger charge is -2.44. The molecule has 0 radical (unpaired) electrons. The molecule has 2 aromatic rings. The lowest BCUT2D eigenvalue weighted by Crippen LogP contribution is -2.58. The zero-order chi connectivity index (χ0) is 29.6. The van der Waals surface area contributed by atoms with Gasteiger partial charge in [0.2, 0.25) is 5.91 Å². The molecule has 0 heterocycles. The number of alkyl carbamates (subject to hydrolysis) is 1. The van der Waals surface area contributed by atoms with Gasteiger partial charge in [-0.3, -0.25) is 9.59 Å². The van der Waals surface area contributed by atoms with Crippen LogP contribution < -0.4 is 10.6 Å². The highest BCUT2D eigenvalue weighted by Crippen LogP contribution is 2.36. The Labute approximate surface area is 244 Å². The largest absolute Gasteiger partial charge is 0.444 e. The summed E-state index contributed by atoms with van der Waals surface area (Å²) in [7, 11) is 0. The predicted octanol–water partition coefficient (Wildman–Crippen LogP) is 7.21. The van der Waals surface area contributed by atoms with Crippen LogP contribution in [0.3, 0.4) is 0 Å².